The molecule has 0 amide bonds. The molecule has 0 radical (unpaired) electrons. The largest absolute Gasteiger partial charge is 1.00 e. The topological polar surface area (TPSA) is 55.8 Å². The van der Waals surface area contributed by atoms with Gasteiger partial charge in [0, 0.05) is 25.7 Å². The summed E-state index contributed by atoms with van der Waals surface area (Å²) in [6.45, 7) is 3.59. The number of fused-ring (bicyclic) bond motifs is 3. The molecule has 5 heterocycles. The second kappa shape index (κ2) is 10.9. The number of aliphatic hydroxyl groups is 1. The van der Waals surface area contributed by atoms with Gasteiger partial charge in [0.15, 0.2) is 0 Å². The van der Waals surface area contributed by atoms with Crippen LogP contribution in [0.4, 0.5) is 0 Å². The molecule has 8 heteroatoms. The van der Waals surface area contributed by atoms with Gasteiger partial charge in [-0.15, -0.1) is 22.7 Å². The van der Waals surface area contributed by atoms with Crippen molar-refractivity contribution in [3.63, 3.8) is 0 Å². The molecule has 0 unspecified atom stereocenters. The van der Waals surface area contributed by atoms with Gasteiger partial charge in [0.1, 0.15) is 5.75 Å². The van der Waals surface area contributed by atoms with Crippen LogP contribution in [-0.4, -0.2) is 48.0 Å². The van der Waals surface area contributed by atoms with Crippen LogP contribution in [0.15, 0.2) is 65.4 Å². The van der Waals surface area contributed by atoms with Gasteiger partial charge < -0.3 is 31.6 Å². The van der Waals surface area contributed by atoms with E-state index in [4.69, 9.17) is 9.47 Å². The summed E-state index contributed by atoms with van der Waals surface area (Å²) >= 11 is 2.76. The van der Waals surface area contributed by atoms with Gasteiger partial charge in [-0.3, -0.25) is 4.48 Å². The maximum Gasteiger partial charge on any atom is 0.353 e. The van der Waals surface area contributed by atoms with Gasteiger partial charge >= 0.3 is 5.97 Å². The lowest BCUT2D eigenvalue weighted by atomic mass is 9.84. The van der Waals surface area contributed by atoms with Crippen LogP contribution in [-0.2, 0) is 15.1 Å². The van der Waals surface area contributed by atoms with Gasteiger partial charge in [0.05, 0.1) is 36.0 Å². The summed E-state index contributed by atoms with van der Waals surface area (Å²) in [6, 6.07) is 17.2. The number of benzene rings is 1. The van der Waals surface area contributed by atoms with E-state index in [0.717, 1.165) is 42.7 Å². The molecule has 3 aliphatic heterocycles. The standard InChI is InChI=1S/C26H30NO4S2.BrH/c28-25(26(29,22-9-4-17-32-22)23-10-5-18-33-23)31-24-19-20-11-14-27(24,15-12-20)13-6-16-30-21-7-2-1-3-8-21;/h1-5,7-10,17-18,20,24,29H,6,11-16,19H2;1H/q+1;/p-1/t20?,24-,27?;/m0./s1. The number of ether oxygens (including phenoxy) is 2. The Morgan fingerprint density at radius 3 is 2.24 bits per heavy atom. The molecule has 3 fully saturated rings. The third kappa shape index (κ3) is 4.97. The SMILES string of the molecule is O=C(O[C@H]1CC2CC[N+]1(CCCOc1ccccc1)CC2)C(O)(c1cccs1)c1cccs1.[Br-]. The van der Waals surface area contributed by atoms with E-state index in [9.17, 15) is 9.90 Å². The molecular formula is C26H30BrNO4S2. The highest BCUT2D eigenvalue weighted by atomic mass is 79.9. The minimum Gasteiger partial charge on any atom is -1.00 e. The van der Waals surface area contributed by atoms with Crippen molar-refractivity contribution in [3.8, 4) is 5.75 Å². The highest BCUT2D eigenvalue weighted by Gasteiger charge is 2.52. The van der Waals surface area contributed by atoms with Gasteiger partial charge in [0.2, 0.25) is 11.8 Å². The van der Waals surface area contributed by atoms with Crippen LogP contribution in [0.2, 0.25) is 0 Å². The van der Waals surface area contributed by atoms with E-state index in [1.165, 1.54) is 35.5 Å². The van der Waals surface area contributed by atoms with Gasteiger partial charge in [-0.05, 0) is 40.9 Å². The molecule has 6 rings (SSSR count). The Hall–Kier alpha value is -1.71. The summed E-state index contributed by atoms with van der Waals surface area (Å²) in [4.78, 5) is 14.8. The predicted molar refractivity (Wildman–Crippen MR) is 130 cm³/mol. The van der Waals surface area contributed by atoms with Crippen molar-refractivity contribution in [1.29, 1.82) is 0 Å². The number of piperidine rings is 3. The quantitative estimate of drug-likeness (QED) is 0.246. The second-order valence-corrected chi connectivity index (χ2v) is 11.0. The fraction of sp³-hybridized carbons (Fsp3) is 0.423. The molecule has 3 aliphatic rings. The second-order valence-electron chi connectivity index (χ2n) is 9.11. The van der Waals surface area contributed by atoms with Crippen molar-refractivity contribution in [2.24, 2.45) is 5.92 Å². The van der Waals surface area contributed by atoms with Gasteiger partial charge in [-0.1, -0.05) is 30.3 Å². The zero-order chi connectivity index (χ0) is 22.7. The number of thiophene rings is 2. The molecule has 0 aliphatic carbocycles. The van der Waals surface area contributed by atoms with Crippen LogP contribution in [0.3, 0.4) is 0 Å². The molecule has 0 saturated carbocycles. The molecule has 34 heavy (non-hydrogen) atoms. The van der Waals surface area contributed by atoms with Gasteiger partial charge in [0.25, 0.3) is 0 Å². The maximum atomic E-state index is 13.6. The minimum absolute atomic E-state index is 0. The Kier molecular flexibility index (Phi) is 8.15. The number of halogens is 1. The van der Waals surface area contributed by atoms with Crippen molar-refractivity contribution in [3.05, 3.63) is 75.1 Å². The molecule has 0 spiro atoms. The number of nitrogens with zero attached hydrogens (tertiary/aromatic N) is 1. The van der Waals surface area contributed by atoms with E-state index in [-0.39, 0.29) is 23.2 Å². The first-order chi connectivity index (χ1) is 16.1. The highest BCUT2D eigenvalue weighted by Crippen LogP contribution is 2.42. The molecular weight excluding hydrogens is 534 g/mol. The summed E-state index contributed by atoms with van der Waals surface area (Å²) < 4.78 is 12.9. The number of para-hydroxylation sites is 1. The molecule has 3 aromatic rings. The Morgan fingerprint density at radius 2 is 1.65 bits per heavy atom. The van der Waals surface area contributed by atoms with Gasteiger partial charge in [-0.25, -0.2) is 4.79 Å². The average molecular weight is 565 g/mol. The molecule has 1 atom stereocenters. The Balaban J connectivity index is 0.00000274. The third-order valence-electron chi connectivity index (χ3n) is 7.16. The van der Waals surface area contributed by atoms with E-state index in [0.29, 0.717) is 22.3 Å². The number of hydrogen-bond donors (Lipinski definition) is 1. The first-order valence-corrected chi connectivity index (χ1v) is 13.4. The van der Waals surface area contributed by atoms with Crippen LogP contribution in [0.5, 0.6) is 5.75 Å². The number of hydrogen-bond acceptors (Lipinski definition) is 6. The Bertz CT molecular complexity index is 1000. The first kappa shape index (κ1) is 25.4. The highest BCUT2D eigenvalue weighted by molar-refractivity contribution is 7.12. The van der Waals surface area contributed by atoms with Crippen molar-refractivity contribution in [1.82, 2.24) is 0 Å². The van der Waals surface area contributed by atoms with Crippen LogP contribution in [0.1, 0.15) is 35.4 Å². The number of carbonyl (C=O) groups excluding carboxylic acids is 1. The van der Waals surface area contributed by atoms with E-state index in [2.05, 4.69) is 0 Å². The summed E-state index contributed by atoms with van der Waals surface area (Å²) in [6.07, 6.45) is 3.90. The average Bonchev–Trinajstić information content (AvgIpc) is 3.58. The monoisotopic (exact) mass is 563 g/mol. The minimum atomic E-state index is -1.75. The maximum absolute atomic E-state index is 13.6. The van der Waals surface area contributed by atoms with Crippen LogP contribution in [0.25, 0.3) is 0 Å². The van der Waals surface area contributed by atoms with Crippen molar-refractivity contribution in [2.75, 3.05) is 26.2 Å². The van der Waals surface area contributed by atoms with Crippen LogP contribution < -0.4 is 21.7 Å². The van der Waals surface area contributed by atoms with E-state index < -0.39 is 11.6 Å². The zero-order valence-corrected chi connectivity index (χ0v) is 22.2. The number of quaternary nitrogens is 1. The summed E-state index contributed by atoms with van der Waals surface area (Å²) in [5.41, 5.74) is -1.75. The first-order valence-electron chi connectivity index (χ1n) is 11.7. The van der Waals surface area contributed by atoms with Gasteiger partial charge in [-0.2, -0.15) is 0 Å². The fourth-order valence-corrected chi connectivity index (χ4v) is 7.00. The number of esters is 1. The van der Waals surface area contributed by atoms with E-state index >= 15 is 0 Å². The summed E-state index contributed by atoms with van der Waals surface area (Å²) in [5, 5.41) is 15.4. The number of rotatable bonds is 9. The molecule has 2 aromatic heterocycles. The Labute approximate surface area is 219 Å². The van der Waals surface area contributed by atoms with Crippen LogP contribution in [0, 0.1) is 5.92 Å². The Morgan fingerprint density at radius 1 is 1.00 bits per heavy atom. The van der Waals surface area contributed by atoms with E-state index in [1.54, 1.807) is 0 Å². The lowest BCUT2D eigenvalue weighted by molar-refractivity contribution is -0.984. The lowest BCUT2D eigenvalue weighted by Gasteiger charge is -2.53. The summed E-state index contributed by atoms with van der Waals surface area (Å²) in [5.74, 6) is 0.928. The van der Waals surface area contributed by atoms with E-state index in [1.807, 2.05) is 65.4 Å². The molecule has 1 aromatic carbocycles. The smallest absolute Gasteiger partial charge is 0.353 e. The lowest BCUT2D eigenvalue weighted by Crippen LogP contribution is -3.00. The molecule has 2 bridgehead atoms. The molecule has 1 N–H and O–H groups in total. The third-order valence-corrected chi connectivity index (χ3v) is 9.12. The zero-order valence-electron chi connectivity index (χ0n) is 19.0. The fourth-order valence-electron chi connectivity index (χ4n) is 5.28. The van der Waals surface area contributed by atoms with Crippen molar-refractivity contribution < 1.29 is 40.8 Å². The molecule has 3 saturated heterocycles. The number of carbonyl (C=O) groups is 1. The summed E-state index contributed by atoms with van der Waals surface area (Å²) in [7, 11) is 0. The normalized spacial score (nSPS) is 23.8. The van der Waals surface area contributed by atoms with Crippen molar-refractivity contribution >= 4 is 28.6 Å². The van der Waals surface area contributed by atoms with Crippen LogP contribution >= 0.6 is 22.7 Å². The molecule has 182 valence electrons. The molecule has 5 nitrogen and oxygen atoms in total. The predicted octanol–water partition coefficient (Wildman–Crippen LogP) is 2.02. The van der Waals surface area contributed by atoms with Crippen molar-refractivity contribution in [2.45, 2.75) is 37.5 Å².